The Morgan fingerprint density at radius 1 is 1.08 bits per heavy atom. The number of rotatable bonds is 8. The van der Waals surface area contributed by atoms with E-state index in [2.05, 4.69) is 69.3 Å². The van der Waals surface area contributed by atoms with E-state index < -0.39 is 0 Å². The third kappa shape index (κ3) is 10.5. The molecule has 0 N–H and O–H groups in total. The topological polar surface area (TPSA) is 12.4 Å². The van der Waals surface area contributed by atoms with Crippen molar-refractivity contribution in [3.63, 3.8) is 0 Å². The Morgan fingerprint density at radius 2 is 1.73 bits per heavy atom. The van der Waals surface area contributed by atoms with Gasteiger partial charge in [0.05, 0.1) is 0 Å². The molecule has 0 aliphatic rings. The van der Waals surface area contributed by atoms with E-state index >= 15 is 0 Å². The molecule has 144 valence electrons. The molecule has 0 bridgehead atoms. The minimum Gasteiger partial charge on any atom is -0.281 e. The van der Waals surface area contributed by atoms with Crippen molar-refractivity contribution in [1.82, 2.24) is 0 Å². The summed E-state index contributed by atoms with van der Waals surface area (Å²) in [6, 6.07) is 6.64. The summed E-state index contributed by atoms with van der Waals surface area (Å²) in [5.74, 6) is 0. The number of benzene rings is 1. The van der Waals surface area contributed by atoms with Crippen LogP contribution in [0.3, 0.4) is 0 Å². The number of allylic oxidation sites excluding steroid dienone is 1. The first-order valence-electron chi connectivity index (χ1n) is 9.73. The lowest BCUT2D eigenvalue weighted by Gasteiger charge is -2.03. The van der Waals surface area contributed by atoms with Gasteiger partial charge in [0.15, 0.2) is 0 Å². The van der Waals surface area contributed by atoms with Crippen molar-refractivity contribution < 1.29 is 0 Å². The maximum atomic E-state index is 4.36. The fourth-order valence-electron chi connectivity index (χ4n) is 2.16. The van der Waals surface area contributed by atoms with Crippen molar-refractivity contribution in [2.24, 2.45) is 4.99 Å². The Morgan fingerprint density at radius 3 is 2.23 bits per heavy atom. The van der Waals surface area contributed by atoms with Gasteiger partial charge in [0.1, 0.15) is 5.04 Å². The van der Waals surface area contributed by atoms with Gasteiger partial charge in [-0.15, -0.1) is 6.58 Å². The van der Waals surface area contributed by atoms with Gasteiger partial charge < -0.3 is 0 Å². The zero-order valence-electron chi connectivity index (χ0n) is 17.5. The third-order valence-electron chi connectivity index (χ3n) is 3.91. The summed E-state index contributed by atoms with van der Waals surface area (Å²) in [5.41, 5.74) is 2.43. The Bertz CT molecular complexity index is 683. The summed E-state index contributed by atoms with van der Waals surface area (Å²) in [6.45, 7) is 16.0. The van der Waals surface area contributed by atoms with Gasteiger partial charge in [-0.3, -0.25) is 4.99 Å². The molecular weight excluding hydrogens is 334 g/mol. The smallest absolute Gasteiger partial charge is 0.101 e. The average Bonchev–Trinajstić information content (AvgIpc) is 2.65. The fraction of sp³-hybridized carbons (Fsp3) is 0.458. The summed E-state index contributed by atoms with van der Waals surface area (Å²) >= 11 is 1.58. The maximum absolute atomic E-state index is 4.36. The Hall–Kier alpha value is -1.54. The van der Waals surface area contributed by atoms with E-state index in [1.807, 2.05) is 19.4 Å². The van der Waals surface area contributed by atoms with Crippen LogP contribution in [-0.4, -0.2) is 12.1 Å². The Balaban J connectivity index is 0.00000110. The summed E-state index contributed by atoms with van der Waals surface area (Å²) in [4.78, 5) is 4.36. The van der Waals surface area contributed by atoms with Crippen LogP contribution in [0, 0.1) is 0 Å². The lowest BCUT2D eigenvalue weighted by Crippen LogP contribution is -2.25. The van der Waals surface area contributed by atoms with Gasteiger partial charge in [-0.1, -0.05) is 88.2 Å². The van der Waals surface area contributed by atoms with Gasteiger partial charge in [0, 0.05) is 12.6 Å². The predicted molar refractivity (Wildman–Crippen MR) is 124 cm³/mol. The molecule has 26 heavy (non-hydrogen) atoms. The molecule has 0 saturated carbocycles. The summed E-state index contributed by atoms with van der Waals surface area (Å²) < 4.78 is 0. The average molecular weight is 372 g/mol. The largest absolute Gasteiger partial charge is 0.281 e. The van der Waals surface area contributed by atoms with Crippen molar-refractivity contribution in [3.05, 3.63) is 58.3 Å². The first-order chi connectivity index (χ1) is 12.5. The van der Waals surface area contributed by atoms with Crippen molar-refractivity contribution in [2.45, 2.75) is 66.2 Å². The van der Waals surface area contributed by atoms with E-state index in [1.165, 1.54) is 40.8 Å². The molecule has 1 nitrogen and oxygen atoms in total. The van der Waals surface area contributed by atoms with Gasteiger partial charge in [0.25, 0.3) is 0 Å². The van der Waals surface area contributed by atoms with Gasteiger partial charge in [-0.25, -0.2) is 0 Å². The van der Waals surface area contributed by atoms with E-state index in [-0.39, 0.29) is 0 Å². The monoisotopic (exact) mass is 371 g/mol. The zero-order valence-corrected chi connectivity index (χ0v) is 18.3. The molecule has 0 saturated heterocycles. The lowest BCUT2D eigenvalue weighted by molar-refractivity contribution is 0.833. The van der Waals surface area contributed by atoms with E-state index in [9.17, 15) is 0 Å². The molecule has 0 spiro atoms. The highest BCUT2D eigenvalue weighted by molar-refractivity contribution is 8.16. The normalized spacial score (nSPS) is 12.6. The molecule has 2 heteroatoms. The summed E-state index contributed by atoms with van der Waals surface area (Å²) in [5, 5.41) is 5.54. The van der Waals surface area contributed by atoms with Crippen LogP contribution < -0.4 is 10.4 Å². The lowest BCUT2D eigenvalue weighted by atomic mass is 10.1. The highest BCUT2D eigenvalue weighted by atomic mass is 32.2. The van der Waals surface area contributed by atoms with E-state index in [4.69, 9.17) is 0 Å². The SMILES string of the molecule is C=C(C)CC.C=CSC(=NC)c1ccc(=C\CCC)/c(=C\CCCC)c1. The molecule has 0 aliphatic heterocycles. The molecule has 0 amide bonds. The summed E-state index contributed by atoms with van der Waals surface area (Å²) in [6.07, 6.45) is 11.7. The standard InChI is InChI=1S/C19H27NS.C5H10/c1-5-8-10-12-17-15-18(19(20-4)21-7-3)14-13-16(17)11-9-6-2;1-4-5(2)3/h7,11-15H,3,5-6,8-10H2,1-2,4H3;2,4H2,1,3H3/b16-11+,17-12-,20-19?;. The molecule has 1 rings (SSSR count). The van der Waals surface area contributed by atoms with Crippen LogP contribution in [0.4, 0.5) is 0 Å². The van der Waals surface area contributed by atoms with Crippen LogP contribution in [0.2, 0.25) is 0 Å². The zero-order chi connectivity index (χ0) is 19.8. The maximum Gasteiger partial charge on any atom is 0.101 e. The number of hydrogen-bond acceptors (Lipinski definition) is 2. The quantitative estimate of drug-likeness (QED) is 0.221. The number of nitrogens with zero attached hydrogens (tertiary/aromatic N) is 1. The van der Waals surface area contributed by atoms with Crippen LogP contribution in [-0.2, 0) is 0 Å². The fourth-order valence-corrected chi connectivity index (χ4v) is 2.69. The molecule has 0 fully saturated rings. The van der Waals surface area contributed by atoms with Crippen LogP contribution in [0.1, 0.15) is 71.8 Å². The van der Waals surface area contributed by atoms with Gasteiger partial charge in [-0.2, -0.15) is 0 Å². The van der Waals surface area contributed by atoms with E-state index in [1.54, 1.807) is 11.8 Å². The molecule has 0 heterocycles. The molecule has 0 aromatic heterocycles. The van der Waals surface area contributed by atoms with Gasteiger partial charge >= 0.3 is 0 Å². The minimum atomic E-state index is 1.03. The number of unbranched alkanes of at least 4 members (excludes halogenated alkanes) is 3. The van der Waals surface area contributed by atoms with Crippen LogP contribution in [0.5, 0.6) is 0 Å². The second-order valence-electron chi connectivity index (χ2n) is 6.31. The third-order valence-corrected chi connectivity index (χ3v) is 4.72. The van der Waals surface area contributed by atoms with Crippen molar-refractivity contribution in [2.75, 3.05) is 7.05 Å². The number of thioether (sulfide) groups is 1. The Labute approximate surface area is 165 Å². The highest BCUT2D eigenvalue weighted by Gasteiger charge is 2.01. The first kappa shape index (κ1) is 24.5. The van der Waals surface area contributed by atoms with E-state index in [0.29, 0.717) is 0 Å². The van der Waals surface area contributed by atoms with Crippen LogP contribution >= 0.6 is 11.8 Å². The van der Waals surface area contributed by atoms with Gasteiger partial charge in [-0.05, 0) is 48.1 Å². The minimum absolute atomic E-state index is 1.03. The van der Waals surface area contributed by atoms with Crippen molar-refractivity contribution >= 4 is 29.0 Å². The number of hydrogen-bond donors (Lipinski definition) is 0. The van der Waals surface area contributed by atoms with Gasteiger partial charge in [0.2, 0.25) is 0 Å². The highest BCUT2D eigenvalue weighted by Crippen LogP contribution is 2.12. The van der Waals surface area contributed by atoms with Crippen LogP contribution in [0.15, 0.2) is 47.3 Å². The first-order valence-corrected chi connectivity index (χ1v) is 10.6. The molecule has 0 unspecified atom stereocenters. The predicted octanol–water partition coefficient (Wildman–Crippen LogP) is 6.46. The number of aliphatic imine (C=N–C) groups is 1. The second-order valence-corrected chi connectivity index (χ2v) is 7.26. The van der Waals surface area contributed by atoms with Crippen molar-refractivity contribution in [1.29, 1.82) is 0 Å². The van der Waals surface area contributed by atoms with E-state index in [0.717, 1.165) is 24.3 Å². The second kappa shape index (κ2) is 15.7. The molecule has 0 radical (unpaired) electrons. The summed E-state index contributed by atoms with van der Waals surface area (Å²) in [7, 11) is 1.84. The molecule has 1 aromatic carbocycles. The molecule has 0 atom stereocenters. The Kier molecular flexibility index (Phi) is 14.8. The van der Waals surface area contributed by atoms with Crippen LogP contribution in [0.25, 0.3) is 12.2 Å². The molecular formula is C24H37NS. The molecule has 0 aliphatic carbocycles. The molecule has 1 aromatic rings. The van der Waals surface area contributed by atoms with Crippen molar-refractivity contribution in [3.8, 4) is 0 Å².